The zero-order valence-electron chi connectivity index (χ0n) is 12.4. The summed E-state index contributed by atoms with van der Waals surface area (Å²) in [5.74, 6) is 0.499. The van der Waals surface area contributed by atoms with Crippen LogP contribution in [0.1, 0.15) is 12.5 Å². The summed E-state index contributed by atoms with van der Waals surface area (Å²) in [6.45, 7) is 2.39. The van der Waals surface area contributed by atoms with Gasteiger partial charge in [0.15, 0.2) is 6.61 Å². The van der Waals surface area contributed by atoms with Crippen LogP contribution in [0, 0.1) is 0 Å². The molecule has 0 spiro atoms. The van der Waals surface area contributed by atoms with E-state index in [1.807, 2.05) is 37.3 Å². The van der Waals surface area contributed by atoms with E-state index in [1.54, 1.807) is 30.5 Å². The molecule has 0 heterocycles. The van der Waals surface area contributed by atoms with Crippen LogP contribution in [-0.2, 0) is 9.63 Å². The number of nitrogens with one attached hydrogen (secondary N) is 1. The third-order valence-corrected chi connectivity index (χ3v) is 2.72. The van der Waals surface area contributed by atoms with Gasteiger partial charge < -0.3 is 14.9 Å². The maximum atomic E-state index is 11.7. The average molecular weight is 298 g/mol. The SMILES string of the molecule is CCOc1ccc(NC(=O)CO/N=C\c2ccccc2)cc1. The molecule has 0 saturated heterocycles. The molecule has 0 aromatic heterocycles. The van der Waals surface area contributed by atoms with E-state index in [0.29, 0.717) is 12.3 Å². The lowest BCUT2D eigenvalue weighted by molar-refractivity contribution is -0.120. The molecule has 0 aliphatic rings. The van der Waals surface area contributed by atoms with Crippen molar-refractivity contribution in [2.75, 3.05) is 18.5 Å². The van der Waals surface area contributed by atoms with Crippen LogP contribution in [0.15, 0.2) is 59.8 Å². The van der Waals surface area contributed by atoms with E-state index in [9.17, 15) is 4.79 Å². The lowest BCUT2D eigenvalue weighted by atomic mass is 10.2. The van der Waals surface area contributed by atoms with Gasteiger partial charge >= 0.3 is 0 Å². The summed E-state index contributed by atoms with van der Waals surface area (Å²) < 4.78 is 5.33. The van der Waals surface area contributed by atoms with Crippen LogP contribution in [0.2, 0.25) is 0 Å². The molecule has 5 heteroatoms. The van der Waals surface area contributed by atoms with Crippen molar-refractivity contribution in [3.05, 3.63) is 60.2 Å². The summed E-state index contributed by atoms with van der Waals surface area (Å²) in [6.07, 6.45) is 1.56. The first kappa shape index (κ1) is 15.6. The molecule has 0 radical (unpaired) electrons. The van der Waals surface area contributed by atoms with Gasteiger partial charge in [-0.2, -0.15) is 0 Å². The first-order valence-corrected chi connectivity index (χ1v) is 7.01. The third-order valence-electron chi connectivity index (χ3n) is 2.72. The van der Waals surface area contributed by atoms with Crippen LogP contribution >= 0.6 is 0 Å². The van der Waals surface area contributed by atoms with Crippen molar-refractivity contribution < 1.29 is 14.4 Å². The molecule has 2 aromatic rings. The zero-order valence-corrected chi connectivity index (χ0v) is 12.4. The maximum absolute atomic E-state index is 11.7. The Morgan fingerprint density at radius 2 is 1.86 bits per heavy atom. The Morgan fingerprint density at radius 1 is 1.14 bits per heavy atom. The number of rotatable bonds is 7. The van der Waals surface area contributed by atoms with Crippen LogP contribution < -0.4 is 10.1 Å². The number of amides is 1. The highest BCUT2D eigenvalue weighted by Gasteiger charge is 2.02. The number of benzene rings is 2. The molecular formula is C17H18N2O3. The fourth-order valence-electron chi connectivity index (χ4n) is 1.73. The van der Waals surface area contributed by atoms with E-state index < -0.39 is 0 Å². The molecule has 22 heavy (non-hydrogen) atoms. The van der Waals surface area contributed by atoms with Gasteiger partial charge in [-0.25, -0.2) is 0 Å². The Morgan fingerprint density at radius 3 is 2.55 bits per heavy atom. The minimum absolute atomic E-state index is 0.142. The highest BCUT2D eigenvalue weighted by molar-refractivity contribution is 5.91. The molecule has 114 valence electrons. The quantitative estimate of drug-likeness (QED) is 0.631. The molecule has 0 atom stereocenters. The van der Waals surface area contributed by atoms with Crippen molar-refractivity contribution in [2.45, 2.75) is 6.92 Å². The van der Waals surface area contributed by atoms with Crippen LogP contribution in [0.25, 0.3) is 0 Å². The second-order valence-electron chi connectivity index (χ2n) is 4.42. The first-order chi connectivity index (χ1) is 10.8. The Kier molecular flexibility index (Phi) is 5.99. The van der Waals surface area contributed by atoms with Crippen molar-refractivity contribution in [2.24, 2.45) is 5.16 Å². The monoisotopic (exact) mass is 298 g/mol. The van der Waals surface area contributed by atoms with E-state index >= 15 is 0 Å². The Labute approximate surface area is 129 Å². The Bertz CT molecular complexity index is 610. The molecule has 0 aliphatic carbocycles. The predicted octanol–water partition coefficient (Wildman–Crippen LogP) is 3.07. The second kappa shape index (κ2) is 8.46. The number of hydrogen-bond acceptors (Lipinski definition) is 4. The summed E-state index contributed by atoms with van der Waals surface area (Å²) in [5, 5.41) is 6.47. The molecule has 2 aromatic carbocycles. The van der Waals surface area contributed by atoms with Gasteiger partial charge in [0.25, 0.3) is 5.91 Å². The molecule has 5 nitrogen and oxygen atoms in total. The summed E-state index contributed by atoms with van der Waals surface area (Å²) in [4.78, 5) is 16.7. The number of oxime groups is 1. The number of carbonyl (C=O) groups is 1. The van der Waals surface area contributed by atoms with Crippen LogP contribution in [0.4, 0.5) is 5.69 Å². The maximum Gasteiger partial charge on any atom is 0.265 e. The first-order valence-electron chi connectivity index (χ1n) is 7.01. The van der Waals surface area contributed by atoms with Gasteiger partial charge in [-0.05, 0) is 36.8 Å². The third kappa shape index (κ3) is 5.28. The highest BCUT2D eigenvalue weighted by atomic mass is 16.6. The number of ether oxygens (including phenoxy) is 1. The fraction of sp³-hybridized carbons (Fsp3) is 0.176. The number of hydrogen-bond donors (Lipinski definition) is 1. The van der Waals surface area contributed by atoms with E-state index in [0.717, 1.165) is 11.3 Å². The molecule has 1 amide bonds. The van der Waals surface area contributed by atoms with Gasteiger partial charge in [0.2, 0.25) is 0 Å². The van der Waals surface area contributed by atoms with Crippen molar-refractivity contribution >= 4 is 17.8 Å². The Balaban J connectivity index is 1.74. The predicted molar refractivity (Wildman–Crippen MR) is 86.2 cm³/mol. The van der Waals surface area contributed by atoms with Gasteiger partial charge in [-0.15, -0.1) is 0 Å². The van der Waals surface area contributed by atoms with Gasteiger partial charge in [0.05, 0.1) is 12.8 Å². The van der Waals surface area contributed by atoms with Crippen molar-refractivity contribution in [1.82, 2.24) is 0 Å². The van der Waals surface area contributed by atoms with Gasteiger partial charge in [-0.1, -0.05) is 35.5 Å². The lowest BCUT2D eigenvalue weighted by Gasteiger charge is -2.06. The van der Waals surface area contributed by atoms with Gasteiger partial charge in [-0.3, -0.25) is 4.79 Å². The van der Waals surface area contributed by atoms with Crippen LogP contribution in [-0.4, -0.2) is 25.3 Å². The largest absolute Gasteiger partial charge is 0.494 e. The van der Waals surface area contributed by atoms with Gasteiger partial charge in [0.1, 0.15) is 5.75 Å². The molecule has 0 unspecified atom stereocenters. The summed E-state index contributed by atoms with van der Waals surface area (Å²) in [5.41, 5.74) is 1.60. The number of carbonyl (C=O) groups excluding carboxylic acids is 1. The number of nitrogens with zero attached hydrogens (tertiary/aromatic N) is 1. The highest BCUT2D eigenvalue weighted by Crippen LogP contribution is 2.15. The standard InChI is InChI=1S/C17H18N2O3/c1-2-21-16-10-8-15(9-11-16)19-17(20)13-22-18-12-14-6-4-3-5-7-14/h3-12H,2,13H2,1H3,(H,19,20)/b18-12-. The van der Waals surface area contributed by atoms with Crippen molar-refractivity contribution in [3.63, 3.8) is 0 Å². The van der Waals surface area contributed by atoms with Crippen LogP contribution in [0.3, 0.4) is 0 Å². The van der Waals surface area contributed by atoms with Crippen molar-refractivity contribution in [3.8, 4) is 5.75 Å². The molecule has 1 N–H and O–H groups in total. The van der Waals surface area contributed by atoms with E-state index in [1.165, 1.54) is 0 Å². The number of anilines is 1. The molecule has 0 saturated carbocycles. The minimum atomic E-state index is -0.269. The normalized spacial score (nSPS) is 10.4. The van der Waals surface area contributed by atoms with Crippen LogP contribution in [0.5, 0.6) is 5.75 Å². The molecule has 0 bridgehead atoms. The summed E-state index contributed by atoms with van der Waals surface area (Å²) in [7, 11) is 0. The molecule has 0 fully saturated rings. The molecule has 0 aliphatic heterocycles. The van der Waals surface area contributed by atoms with Gasteiger partial charge in [0, 0.05) is 5.69 Å². The smallest absolute Gasteiger partial charge is 0.265 e. The van der Waals surface area contributed by atoms with Crippen molar-refractivity contribution in [1.29, 1.82) is 0 Å². The Hall–Kier alpha value is -2.82. The summed E-state index contributed by atoms with van der Waals surface area (Å²) in [6, 6.07) is 16.7. The summed E-state index contributed by atoms with van der Waals surface area (Å²) >= 11 is 0. The fourth-order valence-corrected chi connectivity index (χ4v) is 1.73. The average Bonchev–Trinajstić information content (AvgIpc) is 2.55. The zero-order chi connectivity index (χ0) is 15.6. The second-order valence-corrected chi connectivity index (χ2v) is 4.42. The van der Waals surface area contributed by atoms with E-state index in [-0.39, 0.29) is 12.5 Å². The molecule has 2 rings (SSSR count). The minimum Gasteiger partial charge on any atom is -0.494 e. The van der Waals surface area contributed by atoms with E-state index in [4.69, 9.17) is 9.57 Å². The lowest BCUT2D eigenvalue weighted by Crippen LogP contribution is -2.16. The van der Waals surface area contributed by atoms with E-state index in [2.05, 4.69) is 10.5 Å². The topological polar surface area (TPSA) is 59.9 Å². The molecular weight excluding hydrogens is 280 g/mol.